The molecule has 0 heterocycles. The van der Waals surface area contributed by atoms with Crippen molar-refractivity contribution in [2.45, 2.75) is 26.2 Å². The molecule has 0 bridgehead atoms. The molecule has 4 nitrogen and oxygen atoms in total. The van der Waals surface area contributed by atoms with Gasteiger partial charge < -0.3 is 14.9 Å². The summed E-state index contributed by atoms with van der Waals surface area (Å²) in [7, 11) is 0. The van der Waals surface area contributed by atoms with Gasteiger partial charge in [0.25, 0.3) is 0 Å². The Kier molecular flexibility index (Phi) is 4.64. The van der Waals surface area contributed by atoms with Gasteiger partial charge in [-0.05, 0) is 31.4 Å². The van der Waals surface area contributed by atoms with E-state index in [9.17, 15) is 9.90 Å². The number of phenolic OH excluding ortho intramolecular Hbond substituents is 1. The minimum absolute atomic E-state index is 0.169. The number of carboxylic acids is 1. The van der Waals surface area contributed by atoms with Gasteiger partial charge in [-0.25, -0.2) is 0 Å². The quantitative estimate of drug-likeness (QED) is 0.728. The van der Waals surface area contributed by atoms with Gasteiger partial charge in [-0.2, -0.15) is 0 Å². The van der Waals surface area contributed by atoms with Gasteiger partial charge in [0.05, 0.1) is 6.61 Å². The van der Waals surface area contributed by atoms with Crippen LogP contribution in [0.2, 0.25) is 0 Å². The molecule has 1 aromatic rings. The molecule has 0 aliphatic rings. The topological polar surface area (TPSA) is 66.8 Å². The molecule has 2 N–H and O–H groups in total. The number of hydrogen-bond donors (Lipinski definition) is 2. The Balaban J connectivity index is 2.27. The first-order valence-corrected chi connectivity index (χ1v) is 5.24. The third-order valence-electron chi connectivity index (χ3n) is 2.23. The molecule has 0 aliphatic heterocycles. The third kappa shape index (κ3) is 4.21. The van der Waals surface area contributed by atoms with Crippen LogP contribution < -0.4 is 4.74 Å². The fourth-order valence-electron chi connectivity index (χ4n) is 1.25. The van der Waals surface area contributed by atoms with E-state index in [2.05, 4.69) is 0 Å². The first kappa shape index (κ1) is 12.4. The van der Waals surface area contributed by atoms with Crippen LogP contribution in [0.1, 0.15) is 24.8 Å². The van der Waals surface area contributed by atoms with Gasteiger partial charge >= 0.3 is 5.97 Å². The molecule has 0 amide bonds. The highest BCUT2D eigenvalue weighted by molar-refractivity contribution is 5.66. The average Bonchev–Trinajstić information content (AvgIpc) is 2.22. The Morgan fingerprint density at radius 2 is 2.12 bits per heavy atom. The van der Waals surface area contributed by atoms with E-state index in [4.69, 9.17) is 9.84 Å². The van der Waals surface area contributed by atoms with E-state index in [0.717, 1.165) is 5.56 Å². The van der Waals surface area contributed by atoms with Crippen molar-refractivity contribution in [3.8, 4) is 11.5 Å². The van der Waals surface area contributed by atoms with Gasteiger partial charge in [0, 0.05) is 12.5 Å². The number of hydrogen-bond acceptors (Lipinski definition) is 3. The highest BCUT2D eigenvalue weighted by Crippen LogP contribution is 2.22. The molecule has 1 rings (SSSR count). The van der Waals surface area contributed by atoms with Crippen LogP contribution in [0.15, 0.2) is 18.2 Å². The zero-order valence-corrected chi connectivity index (χ0v) is 9.27. The minimum atomic E-state index is -0.784. The van der Waals surface area contributed by atoms with E-state index in [1.807, 2.05) is 6.92 Å². The summed E-state index contributed by atoms with van der Waals surface area (Å²) in [5.41, 5.74) is 0.804. The van der Waals surface area contributed by atoms with Crippen LogP contribution in [0.5, 0.6) is 11.5 Å². The van der Waals surface area contributed by atoms with E-state index in [1.54, 1.807) is 18.2 Å². The normalized spacial score (nSPS) is 10.1. The van der Waals surface area contributed by atoms with E-state index in [0.29, 0.717) is 25.2 Å². The van der Waals surface area contributed by atoms with Crippen molar-refractivity contribution < 1.29 is 19.7 Å². The van der Waals surface area contributed by atoms with Crippen molar-refractivity contribution in [3.05, 3.63) is 23.8 Å². The van der Waals surface area contributed by atoms with Gasteiger partial charge in [-0.15, -0.1) is 0 Å². The summed E-state index contributed by atoms with van der Waals surface area (Å²) in [4.78, 5) is 10.2. The molecule has 0 saturated carbocycles. The van der Waals surface area contributed by atoms with E-state index >= 15 is 0 Å². The Hall–Kier alpha value is -1.71. The summed E-state index contributed by atoms with van der Waals surface area (Å²) in [5, 5.41) is 17.8. The second-order valence-corrected chi connectivity index (χ2v) is 3.65. The summed E-state index contributed by atoms with van der Waals surface area (Å²) < 4.78 is 5.37. The van der Waals surface area contributed by atoms with Gasteiger partial charge in [-0.3, -0.25) is 4.79 Å². The average molecular weight is 224 g/mol. The lowest BCUT2D eigenvalue weighted by atomic mass is 10.2. The number of ether oxygens (including phenoxy) is 1. The maximum absolute atomic E-state index is 10.2. The Labute approximate surface area is 94.5 Å². The van der Waals surface area contributed by atoms with Crippen LogP contribution >= 0.6 is 0 Å². The molecule has 0 aliphatic carbocycles. The number of carboxylic acid groups (broad SMARTS) is 1. The maximum atomic E-state index is 10.2. The zero-order valence-electron chi connectivity index (χ0n) is 9.27. The van der Waals surface area contributed by atoms with Crippen LogP contribution in [0.25, 0.3) is 0 Å². The number of benzene rings is 1. The number of unbranched alkanes of at least 4 members (excludes halogenated alkanes) is 1. The van der Waals surface area contributed by atoms with Crippen LogP contribution in [0.3, 0.4) is 0 Å². The van der Waals surface area contributed by atoms with Gasteiger partial charge in [-0.1, -0.05) is 6.07 Å². The zero-order chi connectivity index (χ0) is 12.0. The monoisotopic (exact) mass is 224 g/mol. The fourth-order valence-corrected chi connectivity index (χ4v) is 1.25. The second-order valence-electron chi connectivity index (χ2n) is 3.65. The highest BCUT2D eigenvalue weighted by atomic mass is 16.5. The minimum Gasteiger partial charge on any atom is -0.508 e. The van der Waals surface area contributed by atoms with Gasteiger partial charge in [0.15, 0.2) is 0 Å². The summed E-state index contributed by atoms with van der Waals surface area (Å²) >= 11 is 0. The van der Waals surface area contributed by atoms with Crippen LogP contribution in [0, 0.1) is 6.92 Å². The lowest BCUT2D eigenvalue weighted by Crippen LogP contribution is -2.00. The van der Waals surface area contributed by atoms with Gasteiger partial charge in [0.2, 0.25) is 0 Å². The number of rotatable bonds is 6. The first-order chi connectivity index (χ1) is 7.59. The van der Waals surface area contributed by atoms with Crippen molar-refractivity contribution in [2.75, 3.05) is 6.61 Å². The molecule has 0 radical (unpaired) electrons. The molecule has 0 unspecified atom stereocenters. The molecule has 0 saturated heterocycles. The largest absolute Gasteiger partial charge is 0.508 e. The summed E-state index contributed by atoms with van der Waals surface area (Å²) in [5.74, 6) is 0.0365. The smallest absolute Gasteiger partial charge is 0.303 e. The molecule has 4 heteroatoms. The Bertz CT molecular complexity index is 360. The first-order valence-electron chi connectivity index (χ1n) is 5.24. The van der Waals surface area contributed by atoms with Crippen molar-refractivity contribution in [2.24, 2.45) is 0 Å². The summed E-state index contributed by atoms with van der Waals surface area (Å²) in [6.45, 7) is 2.28. The SMILES string of the molecule is Cc1ccc(OCCCCC(=O)O)cc1O. The molecule has 16 heavy (non-hydrogen) atoms. The van der Waals surface area contributed by atoms with Crippen molar-refractivity contribution >= 4 is 5.97 Å². The van der Waals surface area contributed by atoms with Crippen LogP contribution in [0.4, 0.5) is 0 Å². The summed E-state index contributed by atoms with van der Waals surface area (Å²) in [6.07, 6.45) is 1.47. The highest BCUT2D eigenvalue weighted by Gasteiger charge is 2.00. The maximum Gasteiger partial charge on any atom is 0.303 e. The standard InChI is InChI=1S/C12H16O4/c1-9-5-6-10(8-11(9)13)16-7-3-2-4-12(14)15/h5-6,8,13H,2-4,7H2,1H3,(H,14,15). The van der Waals surface area contributed by atoms with Crippen molar-refractivity contribution in [3.63, 3.8) is 0 Å². The van der Waals surface area contributed by atoms with E-state index in [-0.39, 0.29) is 12.2 Å². The lowest BCUT2D eigenvalue weighted by molar-refractivity contribution is -0.137. The molecule has 0 spiro atoms. The molecule has 1 aromatic carbocycles. The number of aliphatic carboxylic acids is 1. The molecule has 0 atom stereocenters. The molecule has 0 fully saturated rings. The number of phenols is 1. The molecule has 0 aromatic heterocycles. The summed E-state index contributed by atoms with van der Waals surface area (Å²) in [6, 6.07) is 5.13. The predicted octanol–water partition coefficient (Wildman–Crippen LogP) is 2.33. The van der Waals surface area contributed by atoms with E-state index < -0.39 is 5.97 Å². The van der Waals surface area contributed by atoms with Crippen LogP contribution in [-0.2, 0) is 4.79 Å². The van der Waals surface area contributed by atoms with Crippen LogP contribution in [-0.4, -0.2) is 22.8 Å². The van der Waals surface area contributed by atoms with Crippen molar-refractivity contribution in [1.82, 2.24) is 0 Å². The van der Waals surface area contributed by atoms with Crippen molar-refractivity contribution in [1.29, 1.82) is 0 Å². The van der Waals surface area contributed by atoms with Gasteiger partial charge in [0.1, 0.15) is 11.5 Å². The predicted molar refractivity (Wildman–Crippen MR) is 59.8 cm³/mol. The lowest BCUT2D eigenvalue weighted by Gasteiger charge is -2.06. The second kappa shape index (κ2) is 6.00. The number of aromatic hydroxyl groups is 1. The Morgan fingerprint density at radius 3 is 2.75 bits per heavy atom. The fraction of sp³-hybridized carbons (Fsp3) is 0.417. The molecule has 88 valence electrons. The third-order valence-corrected chi connectivity index (χ3v) is 2.23. The molecular formula is C12H16O4. The van der Waals surface area contributed by atoms with E-state index in [1.165, 1.54) is 0 Å². The number of carbonyl (C=O) groups is 1. The number of aryl methyl sites for hydroxylation is 1. The Morgan fingerprint density at radius 1 is 1.38 bits per heavy atom. The molecular weight excluding hydrogens is 208 g/mol.